The summed E-state index contributed by atoms with van der Waals surface area (Å²) in [4.78, 5) is 0. The lowest BCUT2D eigenvalue weighted by Crippen LogP contribution is -2.27. The van der Waals surface area contributed by atoms with Gasteiger partial charge in [0.25, 0.3) is 0 Å². The number of aliphatic hydroxyl groups is 1. The van der Waals surface area contributed by atoms with Crippen molar-refractivity contribution in [1.29, 1.82) is 0 Å². The molecule has 0 saturated carbocycles. The van der Waals surface area contributed by atoms with Crippen molar-refractivity contribution in [3.63, 3.8) is 0 Å². The summed E-state index contributed by atoms with van der Waals surface area (Å²) in [6.45, 7) is 11.1. The molecule has 0 aliphatic heterocycles. The Morgan fingerprint density at radius 2 is 1.52 bits per heavy atom. The van der Waals surface area contributed by atoms with Crippen molar-refractivity contribution in [2.75, 3.05) is 0 Å². The van der Waals surface area contributed by atoms with E-state index in [1.165, 1.54) is 5.56 Å². The first-order valence-electron chi connectivity index (χ1n) is 8.16. The van der Waals surface area contributed by atoms with Gasteiger partial charge in [0.1, 0.15) is 0 Å². The smallest absolute Gasteiger partial charge is 0.168 e. The number of aliphatic hydroxyl groups excluding tert-OH is 1. The summed E-state index contributed by atoms with van der Waals surface area (Å²) in [6.07, 6.45) is 0. The first-order valence-corrected chi connectivity index (χ1v) is 9.44. The zero-order valence-electron chi connectivity index (χ0n) is 14.9. The minimum absolute atomic E-state index is 0.0688. The molecule has 0 fully saturated rings. The molecule has 0 radical (unpaired) electrons. The molecule has 0 unspecified atom stereocenters. The third-order valence-corrected chi connectivity index (χ3v) is 5.60. The fourth-order valence-electron chi connectivity index (χ4n) is 2.40. The van der Waals surface area contributed by atoms with Crippen LogP contribution in [0.3, 0.4) is 0 Å². The maximum absolute atomic E-state index is 9.32. The Labute approximate surface area is 142 Å². The molecule has 2 aromatic rings. The van der Waals surface area contributed by atoms with Gasteiger partial charge in [-0.15, -0.1) is 0 Å². The topological polar surface area (TPSA) is 29.5 Å². The van der Waals surface area contributed by atoms with E-state index >= 15 is 0 Å². The van der Waals surface area contributed by atoms with Crippen molar-refractivity contribution in [2.24, 2.45) is 0 Å². The maximum Gasteiger partial charge on any atom is 0.168 e. The van der Waals surface area contributed by atoms with Crippen molar-refractivity contribution < 1.29 is 9.53 Å². The van der Waals surface area contributed by atoms with Crippen LogP contribution in [0.15, 0.2) is 48.5 Å². The zero-order valence-corrected chi connectivity index (χ0v) is 16.3. The van der Waals surface area contributed by atoms with Crippen molar-refractivity contribution in [1.82, 2.24) is 0 Å². The molecular formula is C20H28O2Si. The highest BCUT2D eigenvalue weighted by molar-refractivity contribution is 6.31. The van der Waals surface area contributed by atoms with Gasteiger partial charge in [-0.3, -0.25) is 0 Å². The second-order valence-electron chi connectivity index (χ2n) is 7.80. The molecule has 2 rings (SSSR count). The van der Waals surface area contributed by atoms with Crippen molar-refractivity contribution >= 4 is 9.76 Å². The first kappa shape index (κ1) is 17.9. The van der Waals surface area contributed by atoms with E-state index in [-0.39, 0.29) is 17.2 Å². The number of hydrogen-bond donors (Lipinski definition) is 1. The normalized spacial score (nSPS) is 13.0. The predicted octanol–water partition coefficient (Wildman–Crippen LogP) is 4.40. The van der Waals surface area contributed by atoms with E-state index in [0.717, 1.165) is 16.7 Å². The van der Waals surface area contributed by atoms with E-state index in [9.17, 15) is 5.11 Å². The molecule has 0 heterocycles. The average molecular weight is 329 g/mol. The number of benzene rings is 2. The molecule has 0 aliphatic carbocycles. The molecular weight excluding hydrogens is 300 g/mol. The Balaban J connectivity index is 2.28. The van der Waals surface area contributed by atoms with E-state index in [1.807, 2.05) is 18.2 Å². The van der Waals surface area contributed by atoms with Gasteiger partial charge in [-0.2, -0.15) is 0 Å². The van der Waals surface area contributed by atoms with Gasteiger partial charge in [-0.05, 0) is 53.3 Å². The van der Waals surface area contributed by atoms with Crippen LogP contribution in [0, 0.1) is 0 Å². The third kappa shape index (κ3) is 5.03. The van der Waals surface area contributed by atoms with Crippen LogP contribution >= 0.6 is 0 Å². The Morgan fingerprint density at radius 1 is 0.913 bits per heavy atom. The second kappa shape index (κ2) is 6.99. The van der Waals surface area contributed by atoms with Gasteiger partial charge in [0, 0.05) is 0 Å². The molecule has 0 atom stereocenters. The summed E-state index contributed by atoms with van der Waals surface area (Å²) in [5.41, 5.74) is 4.14. The third-order valence-electron chi connectivity index (χ3n) is 3.87. The first-order chi connectivity index (χ1) is 10.7. The van der Waals surface area contributed by atoms with E-state index in [2.05, 4.69) is 65.0 Å². The lowest BCUT2D eigenvalue weighted by molar-refractivity contribution is 0.109. The van der Waals surface area contributed by atoms with Crippen molar-refractivity contribution in [3.8, 4) is 11.1 Å². The summed E-state index contributed by atoms with van der Waals surface area (Å²) in [7, 11) is -0.617. The molecule has 23 heavy (non-hydrogen) atoms. The zero-order chi connectivity index (χ0) is 17.1. The summed E-state index contributed by atoms with van der Waals surface area (Å²) in [6, 6.07) is 16.6. The SMILES string of the molecule is CC(C)(C)[SiH2]OC(C)(C)c1cccc(-c2cccc(CO)c2)c1. The molecule has 0 amide bonds. The Hall–Kier alpha value is -1.42. The van der Waals surface area contributed by atoms with Gasteiger partial charge in [0.05, 0.1) is 12.2 Å². The minimum Gasteiger partial charge on any atom is -0.415 e. The number of rotatable bonds is 5. The van der Waals surface area contributed by atoms with Crippen LogP contribution in [0.2, 0.25) is 5.04 Å². The summed E-state index contributed by atoms with van der Waals surface area (Å²) in [5.74, 6) is 0. The Bertz CT molecular complexity index is 657. The van der Waals surface area contributed by atoms with Gasteiger partial charge in [-0.25, -0.2) is 0 Å². The van der Waals surface area contributed by atoms with E-state index in [0.29, 0.717) is 0 Å². The highest BCUT2D eigenvalue weighted by Gasteiger charge is 2.24. The quantitative estimate of drug-likeness (QED) is 0.824. The van der Waals surface area contributed by atoms with Crippen LogP contribution in [0.25, 0.3) is 11.1 Å². The van der Waals surface area contributed by atoms with E-state index < -0.39 is 9.76 Å². The van der Waals surface area contributed by atoms with Crippen LogP contribution in [0.4, 0.5) is 0 Å². The minimum atomic E-state index is -0.617. The monoisotopic (exact) mass is 328 g/mol. The van der Waals surface area contributed by atoms with Gasteiger partial charge < -0.3 is 9.53 Å². The standard InChI is InChI=1S/C20H28O2Si/c1-19(2,3)23-22-20(4,5)18-11-7-10-17(13-18)16-9-6-8-15(12-16)14-21/h6-13,21H,14,23H2,1-5H3. The molecule has 0 spiro atoms. The summed E-state index contributed by atoms with van der Waals surface area (Å²) in [5, 5.41) is 9.61. The molecule has 124 valence electrons. The summed E-state index contributed by atoms with van der Waals surface area (Å²) >= 11 is 0. The Morgan fingerprint density at radius 3 is 2.13 bits per heavy atom. The van der Waals surface area contributed by atoms with Crippen LogP contribution < -0.4 is 0 Å². The van der Waals surface area contributed by atoms with Crippen molar-refractivity contribution in [3.05, 3.63) is 59.7 Å². The average Bonchev–Trinajstić information content (AvgIpc) is 2.53. The molecule has 2 nitrogen and oxygen atoms in total. The van der Waals surface area contributed by atoms with Gasteiger partial charge >= 0.3 is 0 Å². The van der Waals surface area contributed by atoms with Crippen molar-refractivity contribution in [2.45, 2.75) is 51.9 Å². The molecule has 1 N–H and O–H groups in total. The fourth-order valence-corrected chi connectivity index (χ4v) is 3.36. The van der Waals surface area contributed by atoms with Gasteiger partial charge in [0.15, 0.2) is 9.76 Å². The van der Waals surface area contributed by atoms with E-state index in [4.69, 9.17) is 4.43 Å². The lowest BCUT2D eigenvalue weighted by Gasteiger charge is -2.30. The molecule has 0 aliphatic rings. The largest absolute Gasteiger partial charge is 0.415 e. The van der Waals surface area contributed by atoms with Crippen LogP contribution in [-0.4, -0.2) is 14.9 Å². The van der Waals surface area contributed by atoms with Gasteiger partial charge in [0.2, 0.25) is 0 Å². The van der Waals surface area contributed by atoms with Crippen LogP contribution in [0.1, 0.15) is 45.7 Å². The second-order valence-corrected chi connectivity index (χ2v) is 10.5. The Kier molecular flexibility index (Phi) is 5.45. The summed E-state index contributed by atoms with van der Waals surface area (Å²) < 4.78 is 6.31. The molecule has 3 heteroatoms. The number of hydrogen-bond acceptors (Lipinski definition) is 2. The van der Waals surface area contributed by atoms with Gasteiger partial charge in [-0.1, -0.05) is 57.2 Å². The molecule has 2 aromatic carbocycles. The highest BCUT2D eigenvalue weighted by atomic mass is 28.2. The van der Waals surface area contributed by atoms with E-state index in [1.54, 1.807) is 0 Å². The predicted molar refractivity (Wildman–Crippen MR) is 100 cm³/mol. The van der Waals surface area contributed by atoms with Crippen LogP contribution in [0.5, 0.6) is 0 Å². The molecule has 0 saturated heterocycles. The molecule has 0 bridgehead atoms. The van der Waals surface area contributed by atoms with Crippen LogP contribution in [-0.2, 0) is 16.6 Å². The maximum atomic E-state index is 9.32. The molecule has 0 aromatic heterocycles. The fraction of sp³-hybridized carbons (Fsp3) is 0.400. The lowest BCUT2D eigenvalue weighted by atomic mass is 9.94. The highest BCUT2D eigenvalue weighted by Crippen LogP contribution is 2.32.